The van der Waals surface area contributed by atoms with Gasteiger partial charge in [-0.2, -0.15) is 0 Å². The van der Waals surface area contributed by atoms with E-state index < -0.39 is 8.07 Å². The normalized spacial score (nSPS) is 15.8. The van der Waals surface area contributed by atoms with Crippen molar-refractivity contribution in [1.82, 2.24) is 0 Å². The van der Waals surface area contributed by atoms with Crippen LogP contribution in [0.1, 0.15) is 25.7 Å². The van der Waals surface area contributed by atoms with Gasteiger partial charge in [0.2, 0.25) is 0 Å². The molecule has 1 aliphatic carbocycles. The molecule has 1 heteroatoms. The standard InChI is InChI=1S/C13H18Si/c1-14(2,3)12-8-7-11-13-9-5-4-6-10-13/h9H,4-6,10H2,1-3H3. The van der Waals surface area contributed by atoms with Gasteiger partial charge in [0.25, 0.3) is 0 Å². The van der Waals surface area contributed by atoms with E-state index >= 15 is 0 Å². The van der Waals surface area contributed by atoms with Crippen LogP contribution >= 0.6 is 0 Å². The third-order valence-corrected chi connectivity index (χ3v) is 2.89. The Labute approximate surface area is 88.8 Å². The minimum absolute atomic E-state index is 1.15. The fraction of sp³-hybridized carbons (Fsp3) is 0.538. The van der Waals surface area contributed by atoms with Gasteiger partial charge >= 0.3 is 0 Å². The molecule has 1 rings (SSSR count). The molecule has 0 atom stereocenters. The van der Waals surface area contributed by atoms with E-state index in [1.54, 1.807) is 0 Å². The topological polar surface area (TPSA) is 0 Å². The van der Waals surface area contributed by atoms with Crippen molar-refractivity contribution in [3.05, 3.63) is 11.6 Å². The van der Waals surface area contributed by atoms with Crippen LogP contribution in [0.15, 0.2) is 11.6 Å². The van der Waals surface area contributed by atoms with Gasteiger partial charge in [0.1, 0.15) is 8.07 Å². The van der Waals surface area contributed by atoms with Crippen LogP contribution in [0.3, 0.4) is 0 Å². The molecule has 0 radical (unpaired) electrons. The van der Waals surface area contributed by atoms with Crippen molar-refractivity contribution >= 4 is 8.07 Å². The summed E-state index contributed by atoms with van der Waals surface area (Å²) in [6.45, 7) is 6.71. The van der Waals surface area contributed by atoms with Gasteiger partial charge in [-0.25, -0.2) is 0 Å². The first-order valence-corrected chi connectivity index (χ1v) is 8.80. The SMILES string of the molecule is C[Si](C)(C)C#CC#CC1=CCCCC1. The van der Waals surface area contributed by atoms with Crippen molar-refractivity contribution in [3.8, 4) is 23.3 Å². The third kappa shape index (κ3) is 4.95. The molecule has 0 N–H and O–H groups in total. The lowest BCUT2D eigenvalue weighted by molar-refractivity contribution is 0.715. The van der Waals surface area contributed by atoms with Crippen molar-refractivity contribution in [2.45, 2.75) is 45.3 Å². The molecule has 74 valence electrons. The number of rotatable bonds is 0. The van der Waals surface area contributed by atoms with Crippen LogP contribution in [0.5, 0.6) is 0 Å². The molecule has 0 amide bonds. The van der Waals surface area contributed by atoms with Gasteiger partial charge < -0.3 is 0 Å². The second-order valence-corrected chi connectivity index (χ2v) is 9.48. The third-order valence-electron chi connectivity index (χ3n) is 2.01. The summed E-state index contributed by atoms with van der Waals surface area (Å²) in [5, 5.41) is 0. The van der Waals surface area contributed by atoms with Gasteiger partial charge in [-0.1, -0.05) is 31.6 Å². The van der Waals surface area contributed by atoms with E-state index in [9.17, 15) is 0 Å². The van der Waals surface area contributed by atoms with E-state index in [2.05, 4.69) is 49.0 Å². The smallest absolute Gasteiger partial charge is 0.118 e. The molecule has 0 nitrogen and oxygen atoms in total. The molecule has 14 heavy (non-hydrogen) atoms. The Balaban J connectivity index is 2.54. The molecule has 0 aliphatic heterocycles. The number of hydrogen-bond donors (Lipinski definition) is 0. The van der Waals surface area contributed by atoms with Crippen molar-refractivity contribution < 1.29 is 0 Å². The summed E-state index contributed by atoms with van der Waals surface area (Å²) in [7, 11) is -1.23. The first kappa shape index (κ1) is 11.2. The molecule has 1 aliphatic rings. The molecule has 0 unspecified atom stereocenters. The molecule has 0 aromatic carbocycles. The van der Waals surface area contributed by atoms with Gasteiger partial charge in [0.05, 0.1) is 0 Å². The van der Waals surface area contributed by atoms with Crippen molar-refractivity contribution in [2.24, 2.45) is 0 Å². The molecule has 0 heterocycles. The summed E-state index contributed by atoms with van der Waals surface area (Å²) in [4.78, 5) is 0. The highest BCUT2D eigenvalue weighted by molar-refractivity contribution is 6.83. The Morgan fingerprint density at radius 2 is 1.93 bits per heavy atom. The lowest BCUT2D eigenvalue weighted by atomic mass is 10.0. The minimum Gasteiger partial charge on any atom is -0.118 e. The van der Waals surface area contributed by atoms with Crippen LogP contribution in [0.2, 0.25) is 19.6 Å². The molecule has 0 fully saturated rings. The van der Waals surface area contributed by atoms with Crippen molar-refractivity contribution in [3.63, 3.8) is 0 Å². The quantitative estimate of drug-likeness (QED) is 0.417. The first-order valence-electron chi connectivity index (χ1n) is 5.30. The molecule has 0 saturated heterocycles. The van der Waals surface area contributed by atoms with Crippen LogP contribution in [0.4, 0.5) is 0 Å². The Morgan fingerprint density at radius 3 is 2.50 bits per heavy atom. The van der Waals surface area contributed by atoms with Crippen LogP contribution in [0, 0.1) is 23.3 Å². The van der Waals surface area contributed by atoms with Gasteiger partial charge in [-0.3, -0.25) is 0 Å². The lowest BCUT2D eigenvalue weighted by Gasteiger charge is -2.05. The lowest BCUT2D eigenvalue weighted by Crippen LogP contribution is -2.16. The Morgan fingerprint density at radius 1 is 1.14 bits per heavy atom. The highest BCUT2D eigenvalue weighted by Gasteiger charge is 2.06. The average molecular weight is 202 g/mol. The zero-order valence-corrected chi connectivity index (χ0v) is 10.4. The monoisotopic (exact) mass is 202 g/mol. The predicted molar refractivity (Wildman–Crippen MR) is 65.4 cm³/mol. The zero-order valence-electron chi connectivity index (χ0n) is 9.41. The summed E-state index contributed by atoms with van der Waals surface area (Å²) < 4.78 is 0. The number of hydrogen-bond acceptors (Lipinski definition) is 0. The van der Waals surface area contributed by atoms with Crippen molar-refractivity contribution in [1.29, 1.82) is 0 Å². The molecule has 0 aromatic heterocycles. The Kier molecular flexibility index (Phi) is 4.05. The van der Waals surface area contributed by atoms with E-state index in [1.165, 1.54) is 24.8 Å². The van der Waals surface area contributed by atoms with Gasteiger partial charge in [0, 0.05) is 0 Å². The maximum Gasteiger partial charge on any atom is 0.130 e. The number of allylic oxidation sites excluding steroid dienone is 2. The van der Waals surface area contributed by atoms with E-state index in [1.807, 2.05) is 0 Å². The van der Waals surface area contributed by atoms with E-state index in [-0.39, 0.29) is 0 Å². The second kappa shape index (κ2) is 5.08. The fourth-order valence-corrected chi connectivity index (χ4v) is 1.72. The summed E-state index contributed by atoms with van der Waals surface area (Å²) in [5.41, 5.74) is 4.54. The summed E-state index contributed by atoms with van der Waals surface area (Å²) in [5.74, 6) is 9.10. The van der Waals surface area contributed by atoms with Gasteiger partial charge in [-0.15, -0.1) is 5.54 Å². The van der Waals surface area contributed by atoms with Gasteiger partial charge in [0.15, 0.2) is 0 Å². The van der Waals surface area contributed by atoms with E-state index in [0.29, 0.717) is 0 Å². The molecule has 0 aromatic rings. The molecule has 0 bridgehead atoms. The maximum absolute atomic E-state index is 3.25. The largest absolute Gasteiger partial charge is 0.130 e. The second-order valence-electron chi connectivity index (χ2n) is 4.73. The van der Waals surface area contributed by atoms with E-state index in [0.717, 1.165) is 6.42 Å². The first-order chi connectivity index (χ1) is 6.58. The highest BCUT2D eigenvalue weighted by atomic mass is 28.3. The van der Waals surface area contributed by atoms with Gasteiger partial charge in [-0.05, 0) is 43.1 Å². The summed E-state index contributed by atoms with van der Waals surface area (Å²) >= 11 is 0. The minimum atomic E-state index is -1.23. The average Bonchev–Trinajstić information content (AvgIpc) is 2.13. The maximum atomic E-state index is 3.25. The highest BCUT2D eigenvalue weighted by Crippen LogP contribution is 2.15. The van der Waals surface area contributed by atoms with Crippen LogP contribution in [0.25, 0.3) is 0 Å². The van der Waals surface area contributed by atoms with Crippen LogP contribution in [-0.4, -0.2) is 8.07 Å². The molecular weight excluding hydrogens is 184 g/mol. The summed E-state index contributed by atoms with van der Waals surface area (Å²) in [6, 6.07) is 0. The predicted octanol–water partition coefficient (Wildman–Crippen LogP) is 3.37. The Hall–Kier alpha value is -0.923. The van der Waals surface area contributed by atoms with Crippen LogP contribution in [-0.2, 0) is 0 Å². The molecule has 0 saturated carbocycles. The van der Waals surface area contributed by atoms with Crippen LogP contribution < -0.4 is 0 Å². The Bertz CT molecular complexity index is 333. The zero-order chi connectivity index (χ0) is 10.4. The summed E-state index contributed by atoms with van der Waals surface area (Å²) in [6.07, 6.45) is 7.23. The molecular formula is C13H18Si. The fourth-order valence-electron chi connectivity index (χ4n) is 1.28. The van der Waals surface area contributed by atoms with E-state index in [4.69, 9.17) is 0 Å². The van der Waals surface area contributed by atoms with Crippen molar-refractivity contribution in [2.75, 3.05) is 0 Å². The molecule has 0 spiro atoms.